The molecule has 5 rings (SSSR count). The Morgan fingerprint density at radius 3 is 2.69 bits per heavy atom. The maximum absolute atomic E-state index is 12.8. The van der Waals surface area contributed by atoms with E-state index in [1.807, 2.05) is 37.1 Å². The van der Waals surface area contributed by atoms with Gasteiger partial charge in [-0.2, -0.15) is 10.2 Å². The van der Waals surface area contributed by atoms with Gasteiger partial charge in [0.05, 0.1) is 29.4 Å². The molecule has 1 aliphatic carbocycles. The molecule has 0 spiro atoms. The second-order valence-corrected chi connectivity index (χ2v) is 7.18. The van der Waals surface area contributed by atoms with Crippen LogP contribution in [0.1, 0.15) is 31.0 Å². The molecule has 0 bridgehead atoms. The summed E-state index contributed by atoms with van der Waals surface area (Å²) >= 11 is 0. The molecule has 8 nitrogen and oxygen atoms in total. The Labute approximate surface area is 150 Å². The molecule has 1 amide bonds. The fourth-order valence-corrected chi connectivity index (χ4v) is 4.06. The summed E-state index contributed by atoms with van der Waals surface area (Å²) < 4.78 is 3.63. The second-order valence-electron chi connectivity index (χ2n) is 7.18. The van der Waals surface area contributed by atoms with E-state index in [1.54, 1.807) is 17.1 Å². The number of pyridine rings is 1. The van der Waals surface area contributed by atoms with E-state index < -0.39 is 0 Å². The van der Waals surface area contributed by atoms with Crippen molar-refractivity contribution in [2.45, 2.75) is 37.4 Å². The Morgan fingerprint density at radius 1 is 1.12 bits per heavy atom. The van der Waals surface area contributed by atoms with Crippen LogP contribution in [0.25, 0.3) is 11.0 Å². The molecule has 134 valence electrons. The molecule has 2 atom stereocenters. The molecule has 0 aromatic carbocycles. The normalized spacial score (nSPS) is 23.2. The number of nitrogens with one attached hydrogen (secondary N) is 1. The van der Waals surface area contributed by atoms with E-state index in [0.29, 0.717) is 12.5 Å². The first-order valence-electron chi connectivity index (χ1n) is 8.96. The number of hydrogen-bond donors (Lipinski definition) is 1. The van der Waals surface area contributed by atoms with Gasteiger partial charge in [-0.15, -0.1) is 0 Å². The van der Waals surface area contributed by atoms with E-state index in [4.69, 9.17) is 0 Å². The number of likely N-dealkylation sites (tertiary alicyclic amines) is 1. The Balaban J connectivity index is 1.54. The Bertz CT molecular complexity index is 987. The predicted molar refractivity (Wildman–Crippen MR) is 96.4 cm³/mol. The first-order valence-corrected chi connectivity index (χ1v) is 8.96. The van der Waals surface area contributed by atoms with Crippen molar-refractivity contribution in [3.63, 3.8) is 0 Å². The standard InChI is InChI=1S/C18H21N7O/c1-23-15(6-8-20-23)17-14(9-16(26)25(17)11-3-4-11)22-13-5-7-19-18-12(13)10-21-24(18)2/h5-8,10-11,14,17H,3-4,9H2,1-2H3,(H,19,22)/t14-,17-/m1/s1. The van der Waals surface area contributed by atoms with Crippen LogP contribution in [-0.4, -0.2) is 47.4 Å². The van der Waals surface area contributed by atoms with Crippen molar-refractivity contribution < 1.29 is 4.79 Å². The largest absolute Gasteiger partial charge is 0.379 e. The van der Waals surface area contributed by atoms with E-state index in [0.717, 1.165) is 35.3 Å². The lowest BCUT2D eigenvalue weighted by Gasteiger charge is -2.29. The van der Waals surface area contributed by atoms with E-state index >= 15 is 0 Å². The molecule has 4 heterocycles. The number of carbonyl (C=O) groups excluding carboxylic acids is 1. The van der Waals surface area contributed by atoms with E-state index in [9.17, 15) is 4.79 Å². The fraction of sp³-hybridized carbons (Fsp3) is 0.444. The van der Waals surface area contributed by atoms with E-state index in [2.05, 4.69) is 25.4 Å². The lowest BCUT2D eigenvalue weighted by atomic mass is 10.0. The second kappa shape index (κ2) is 5.55. The molecule has 2 fully saturated rings. The van der Waals surface area contributed by atoms with Crippen LogP contribution < -0.4 is 5.32 Å². The molecule has 0 unspecified atom stereocenters. The van der Waals surface area contributed by atoms with Gasteiger partial charge >= 0.3 is 0 Å². The number of hydrogen-bond acceptors (Lipinski definition) is 5. The monoisotopic (exact) mass is 351 g/mol. The number of carbonyl (C=O) groups is 1. The van der Waals surface area contributed by atoms with Gasteiger partial charge < -0.3 is 10.2 Å². The quantitative estimate of drug-likeness (QED) is 0.772. The van der Waals surface area contributed by atoms with E-state index in [1.165, 1.54) is 0 Å². The van der Waals surface area contributed by atoms with Crippen LogP contribution in [0.3, 0.4) is 0 Å². The first kappa shape index (κ1) is 15.4. The molecule has 3 aromatic rings. The van der Waals surface area contributed by atoms with Gasteiger partial charge in [0.25, 0.3) is 0 Å². The van der Waals surface area contributed by atoms with Crippen molar-refractivity contribution in [1.29, 1.82) is 0 Å². The van der Waals surface area contributed by atoms with Crippen LogP contribution in [0.5, 0.6) is 0 Å². The summed E-state index contributed by atoms with van der Waals surface area (Å²) in [4.78, 5) is 19.2. The van der Waals surface area contributed by atoms with Gasteiger partial charge in [-0.1, -0.05) is 0 Å². The van der Waals surface area contributed by atoms with Crippen molar-refractivity contribution in [3.8, 4) is 0 Å². The smallest absolute Gasteiger partial charge is 0.225 e. The maximum atomic E-state index is 12.8. The van der Waals surface area contributed by atoms with E-state index in [-0.39, 0.29) is 18.0 Å². The highest BCUT2D eigenvalue weighted by atomic mass is 16.2. The van der Waals surface area contributed by atoms with Gasteiger partial charge in [0.15, 0.2) is 5.65 Å². The summed E-state index contributed by atoms with van der Waals surface area (Å²) in [6, 6.07) is 4.31. The average Bonchev–Trinajstić information content (AvgIpc) is 3.14. The number of rotatable bonds is 4. The minimum atomic E-state index is -0.0117. The highest BCUT2D eigenvalue weighted by molar-refractivity contribution is 5.89. The van der Waals surface area contributed by atoms with Gasteiger partial charge in [-0.3, -0.25) is 14.2 Å². The van der Waals surface area contributed by atoms with Crippen LogP contribution in [0.4, 0.5) is 5.69 Å². The fourth-order valence-electron chi connectivity index (χ4n) is 4.06. The number of aromatic nitrogens is 5. The summed E-state index contributed by atoms with van der Waals surface area (Å²) in [6.45, 7) is 0. The molecule has 0 radical (unpaired) electrons. The predicted octanol–water partition coefficient (Wildman–Crippen LogP) is 1.62. The van der Waals surface area contributed by atoms with Crippen LogP contribution in [0.15, 0.2) is 30.7 Å². The molecule has 1 aliphatic heterocycles. The minimum absolute atomic E-state index is 0.00990. The van der Waals surface area contributed by atoms with Crippen molar-refractivity contribution in [2.24, 2.45) is 14.1 Å². The third kappa shape index (κ3) is 2.28. The maximum Gasteiger partial charge on any atom is 0.225 e. The zero-order valence-corrected chi connectivity index (χ0v) is 14.8. The van der Waals surface area contributed by atoms with Crippen LogP contribution >= 0.6 is 0 Å². The van der Waals surface area contributed by atoms with Crippen molar-refractivity contribution >= 4 is 22.6 Å². The number of nitrogens with zero attached hydrogens (tertiary/aromatic N) is 6. The zero-order valence-electron chi connectivity index (χ0n) is 14.8. The molecular weight excluding hydrogens is 330 g/mol. The molecule has 1 saturated carbocycles. The molecule has 26 heavy (non-hydrogen) atoms. The van der Waals surface area contributed by atoms with Crippen LogP contribution in [-0.2, 0) is 18.9 Å². The highest BCUT2D eigenvalue weighted by Gasteiger charge is 2.48. The van der Waals surface area contributed by atoms with Crippen molar-refractivity contribution in [3.05, 3.63) is 36.4 Å². The lowest BCUT2D eigenvalue weighted by molar-refractivity contribution is -0.129. The highest BCUT2D eigenvalue weighted by Crippen LogP contribution is 2.43. The number of fused-ring (bicyclic) bond motifs is 1. The molecule has 2 aliphatic rings. The minimum Gasteiger partial charge on any atom is -0.379 e. The first-order chi connectivity index (χ1) is 12.6. The third-order valence-electron chi connectivity index (χ3n) is 5.44. The summed E-state index contributed by atoms with van der Waals surface area (Å²) in [7, 11) is 3.82. The number of anilines is 1. The summed E-state index contributed by atoms with van der Waals surface area (Å²) in [5, 5.41) is 13.2. The molecule has 8 heteroatoms. The zero-order chi connectivity index (χ0) is 17.8. The number of amides is 1. The summed E-state index contributed by atoms with van der Waals surface area (Å²) in [5.74, 6) is 0.215. The van der Waals surface area contributed by atoms with Crippen LogP contribution in [0, 0.1) is 0 Å². The van der Waals surface area contributed by atoms with Crippen molar-refractivity contribution in [1.82, 2.24) is 29.4 Å². The molecule has 1 N–H and O–H groups in total. The Hall–Kier alpha value is -2.90. The Kier molecular flexibility index (Phi) is 3.28. The van der Waals surface area contributed by atoms with Crippen LogP contribution in [0.2, 0.25) is 0 Å². The lowest BCUT2D eigenvalue weighted by Crippen LogP contribution is -2.35. The van der Waals surface area contributed by atoms with Gasteiger partial charge in [-0.05, 0) is 25.0 Å². The summed E-state index contributed by atoms with van der Waals surface area (Å²) in [5.41, 5.74) is 2.86. The SMILES string of the molecule is Cn1nccc1[C@H]1[C@H](Nc2ccnc3c2cnn3C)CC(=O)N1C1CC1. The molecule has 1 saturated heterocycles. The van der Waals surface area contributed by atoms with Gasteiger partial charge in [0.2, 0.25) is 5.91 Å². The topological polar surface area (TPSA) is 80.9 Å². The average molecular weight is 351 g/mol. The summed E-state index contributed by atoms with van der Waals surface area (Å²) in [6.07, 6.45) is 8.06. The Morgan fingerprint density at radius 2 is 1.96 bits per heavy atom. The molecular formula is C18H21N7O. The van der Waals surface area contributed by atoms with Gasteiger partial charge in [0.1, 0.15) is 0 Å². The molecule has 3 aromatic heterocycles. The third-order valence-corrected chi connectivity index (χ3v) is 5.44. The van der Waals surface area contributed by atoms with Crippen molar-refractivity contribution in [2.75, 3.05) is 5.32 Å². The van der Waals surface area contributed by atoms with Gasteiger partial charge in [-0.25, -0.2) is 4.98 Å². The number of aryl methyl sites for hydroxylation is 2. The van der Waals surface area contributed by atoms with Gasteiger partial charge in [0, 0.05) is 44.6 Å².